The molecule has 1 fully saturated rings. The van der Waals surface area contributed by atoms with Gasteiger partial charge >= 0.3 is 0 Å². The number of piperidine rings is 1. The van der Waals surface area contributed by atoms with Crippen molar-refractivity contribution in [3.63, 3.8) is 0 Å². The summed E-state index contributed by atoms with van der Waals surface area (Å²) in [5.74, 6) is 0.370. The van der Waals surface area contributed by atoms with E-state index in [0.29, 0.717) is 11.3 Å². The van der Waals surface area contributed by atoms with Crippen LogP contribution in [0.5, 0.6) is 5.75 Å². The van der Waals surface area contributed by atoms with Gasteiger partial charge in [0, 0.05) is 18.8 Å². The molecule has 0 atom stereocenters. The van der Waals surface area contributed by atoms with E-state index in [9.17, 15) is 4.79 Å². The highest BCUT2D eigenvalue weighted by Crippen LogP contribution is 2.18. The average Bonchev–Trinajstić information content (AvgIpc) is 2.40. The van der Waals surface area contributed by atoms with E-state index in [1.807, 2.05) is 12.1 Å². The lowest BCUT2D eigenvalue weighted by molar-refractivity contribution is 0.0999. The van der Waals surface area contributed by atoms with Crippen LogP contribution in [-0.2, 0) is 0 Å². The minimum atomic E-state index is -0.209. The smallest absolute Gasteiger partial charge is 0.280 e. The van der Waals surface area contributed by atoms with Gasteiger partial charge in [0.25, 0.3) is 5.91 Å². The molecule has 0 aliphatic carbocycles. The highest BCUT2D eigenvalue weighted by molar-refractivity contribution is 6.05. The molecule has 4 heteroatoms. The maximum Gasteiger partial charge on any atom is 0.280 e. The van der Waals surface area contributed by atoms with E-state index < -0.39 is 0 Å². The standard InChI is InChI=1S/C13H16N2O2/c1-17-12-5-3-2-4-11(12)13(16)15-10-6-8-14-9-7-10/h2-5,14H,6-9H2,1H3. The fourth-order valence-electron chi connectivity index (χ4n) is 1.85. The first kappa shape index (κ1) is 11.8. The number of hydrogen-bond acceptors (Lipinski definition) is 3. The number of amides is 1. The second-order valence-corrected chi connectivity index (χ2v) is 3.93. The monoisotopic (exact) mass is 232 g/mol. The van der Waals surface area contributed by atoms with Crippen molar-refractivity contribution >= 4 is 11.6 Å². The number of para-hydroxylation sites is 1. The normalized spacial score (nSPS) is 15.5. The lowest BCUT2D eigenvalue weighted by atomic mass is 10.1. The number of rotatable bonds is 2. The molecule has 0 unspecified atom stereocenters. The van der Waals surface area contributed by atoms with Crippen molar-refractivity contribution in [2.45, 2.75) is 12.8 Å². The van der Waals surface area contributed by atoms with Gasteiger partial charge in [0.1, 0.15) is 5.75 Å². The zero-order valence-corrected chi connectivity index (χ0v) is 9.90. The molecule has 0 radical (unpaired) electrons. The van der Waals surface area contributed by atoms with Gasteiger partial charge in [-0.05, 0) is 25.0 Å². The number of hydrogen-bond donors (Lipinski definition) is 1. The van der Waals surface area contributed by atoms with Gasteiger partial charge in [-0.2, -0.15) is 0 Å². The third-order valence-corrected chi connectivity index (χ3v) is 2.78. The molecule has 90 valence electrons. The van der Waals surface area contributed by atoms with Gasteiger partial charge in [0.2, 0.25) is 0 Å². The minimum Gasteiger partial charge on any atom is -0.496 e. The van der Waals surface area contributed by atoms with Crippen LogP contribution in [0.3, 0.4) is 0 Å². The van der Waals surface area contributed by atoms with Crippen molar-refractivity contribution in [3.05, 3.63) is 29.8 Å². The molecule has 1 aromatic rings. The number of nitrogens with one attached hydrogen (secondary N) is 1. The van der Waals surface area contributed by atoms with Crippen LogP contribution < -0.4 is 10.1 Å². The summed E-state index contributed by atoms with van der Waals surface area (Å²) in [4.78, 5) is 16.2. The van der Waals surface area contributed by atoms with Crippen LogP contribution in [-0.4, -0.2) is 31.8 Å². The van der Waals surface area contributed by atoms with Crippen LogP contribution in [0.25, 0.3) is 0 Å². The maximum atomic E-state index is 12.0. The fourth-order valence-corrected chi connectivity index (χ4v) is 1.85. The van der Waals surface area contributed by atoms with E-state index >= 15 is 0 Å². The van der Waals surface area contributed by atoms with E-state index in [-0.39, 0.29) is 5.91 Å². The number of carbonyl (C=O) groups excluding carboxylic acids is 1. The zero-order chi connectivity index (χ0) is 12.1. The highest BCUT2D eigenvalue weighted by Gasteiger charge is 2.13. The molecule has 0 saturated carbocycles. The Labute approximate surface area is 101 Å². The summed E-state index contributed by atoms with van der Waals surface area (Å²) >= 11 is 0. The number of nitrogens with zero attached hydrogens (tertiary/aromatic N) is 1. The number of aliphatic imine (C=N–C) groups is 1. The number of carbonyl (C=O) groups is 1. The van der Waals surface area contributed by atoms with E-state index in [2.05, 4.69) is 10.3 Å². The van der Waals surface area contributed by atoms with Crippen molar-refractivity contribution in [1.82, 2.24) is 5.32 Å². The van der Waals surface area contributed by atoms with Crippen molar-refractivity contribution in [1.29, 1.82) is 0 Å². The highest BCUT2D eigenvalue weighted by atomic mass is 16.5. The van der Waals surface area contributed by atoms with Gasteiger partial charge in [-0.3, -0.25) is 4.79 Å². The molecule has 4 nitrogen and oxygen atoms in total. The first-order valence-corrected chi connectivity index (χ1v) is 5.76. The van der Waals surface area contributed by atoms with E-state index in [1.54, 1.807) is 19.2 Å². The summed E-state index contributed by atoms with van der Waals surface area (Å²) in [5, 5.41) is 3.23. The van der Waals surface area contributed by atoms with Crippen LogP contribution in [0.4, 0.5) is 0 Å². The lowest BCUT2D eigenvalue weighted by Crippen LogP contribution is -2.28. The Morgan fingerprint density at radius 2 is 2.00 bits per heavy atom. The van der Waals surface area contributed by atoms with Crippen molar-refractivity contribution in [3.8, 4) is 5.75 Å². The molecule has 17 heavy (non-hydrogen) atoms. The molecule has 1 saturated heterocycles. The van der Waals surface area contributed by atoms with Crippen molar-refractivity contribution in [2.24, 2.45) is 4.99 Å². The van der Waals surface area contributed by atoms with Gasteiger partial charge in [0.15, 0.2) is 0 Å². The maximum absolute atomic E-state index is 12.0. The molecule has 0 bridgehead atoms. The topological polar surface area (TPSA) is 50.7 Å². The molecule has 2 rings (SSSR count). The van der Waals surface area contributed by atoms with Crippen LogP contribution in [0.15, 0.2) is 29.3 Å². The van der Waals surface area contributed by atoms with Gasteiger partial charge in [-0.15, -0.1) is 0 Å². The van der Waals surface area contributed by atoms with E-state index in [4.69, 9.17) is 4.74 Å². The summed E-state index contributed by atoms with van der Waals surface area (Å²) in [5.41, 5.74) is 1.50. The second kappa shape index (κ2) is 5.59. The lowest BCUT2D eigenvalue weighted by Gasteiger charge is -2.13. The summed E-state index contributed by atoms with van der Waals surface area (Å²) in [7, 11) is 1.56. The Morgan fingerprint density at radius 1 is 1.29 bits per heavy atom. The van der Waals surface area contributed by atoms with Crippen LogP contribution in [0, 0.1) is 0 Å². The van der Waals surface area contributed by atoms with Crippen molar-refractivity contribution in [2.75, 3.05) is 20.2 Å². The van der Waals surface area contributed by atoms with Gasteiger partial charge in [0.05, 0.1) is 12.7 Å². The largest absolute Gasteiger partial charge is 0.496 e. The summed E-state index contributed by atoms with van der Waals surface area (Å²) in [6, 6.07) is 7.17. The van der Waals surface area contributed by atoms with Crippen LogP contribution in [0.1, 0.15) is 23.2 Å². The number of ether oxygens (including phenoxy) is 1. The quantitative estimate of drug-likeness (QED) is 0.843. The molecule has 1 aliphatic rings. The van der Waals surface area contributed by atoms with Crippen LogP contribution in [0.2, 0.25) is 0 Å². The third-order valence-electron chi connectivity index (χ3n) is 2.78. The molecular weight excluding hydrogens is 216 g/mol. The third kappa shape index (κ3) is 2.91. The summed E-state index contributed by atoms with van der Waals surface area (Å²) in [6.45, 7) is 1.80. The van der Waals surface area contributed by atoms with E-state index in [0.717, 1.165) is 31.6 Å². The molecule has 1 aliphatic heterocycles. The molecule has 1 heterocycles. The SMILES string of the molecule is COc1ccccc1C(=O)N=C1CCNCC1. The summed E-state index contributed by atoms with van der Waals surface area (Å²) in [6.07, 6.45) is 1.70. The molecule has 1 aromatic carbocycles. The average molecular weight is 232 g/mol. The van der Waals surface area contributed by atoms with Gasteiger partial charge < -0.3 is 10.1 Å². The Bertz CT molecular complexity index is 433. The Morgan fingerprint density at radius 3 is 2.71 bits per heavy atom. The first-order chi connectivity index (χ1) is 8.31. The Kier molecular flexibility index (Phi) is 3.88. The predicted molar refractivity (Wildman–Crippen MR) is 66.9 cm³/mol. The molecule has 0 aromatic heterocycles. The predicted octanol–water partition coefficient (Wildman–Crippen LogP) is 1.66. The fraction of sp³-hybridized carbons (Fsp3) is 0.385. The zero-order valence-electron chi connectivity index (χ0n) is 9.90. The van der Waals surface area contributed by atoms with Crippen molar-refractivity contribution < 1.29 is 9.53 Å². The number of benzene rings is 1. The molecule has 1 N–H and O–H groups in total. The number of methoxy groups -OCH3 is 1. The first-order valence-electron chi connectivity index (χ1n) is 5.76. The molecule has 1 amide bonds. The summed E-state index contributed by atoms with van der Waals surface area (Å²) < 4.78 is 5.15. The van der Waals surface area contributed by atoms with Gasteiger partial charge in [-0.25, -0.2) is 4.99 Å². The molecular formula is C13H16N2O2. The Balaban J connectivity index is 2.18. The molecule has 0 spiro atoms. The minimum absolute atomic E-state index is 0.209. The van der Waals surface area contributed by atoms with Crippen LogP contribution >= 0.6 is 0 Å². The van der Waals surface area contributed by atoms with Gasteiger partial charge in [-0.1, -0.05) is 12.1 Å². The second-order valence-electron chi connectivity index (χ2n) is 3.93. The Hall–Kier alpha value is -1.68. The van der Waals surface area contributed by atoms with E-state index in [1.165, 1.54) is 0 Å².